The summed E-state index contributed by atoms with van der Waals surface area (Å²) >= 11 is 0. The Morgan fingerprint density at radius 2 is 1.89 bits per heavy atom. The standard InChI is InChI=1S/C19H22N6O2/c1-4-27-17-9-6-15(7-10-17)21-19(26)20-12-18-22-23-24-25(18)16-8-5-13(2)14(3)11-16/h5-11H,4,12H2,1-3H3,(H2,20,21,26). The van der Waals surface area contributed by atoms with Gasteiger partial charge in [-0.2, -0.15) is 4.68 Å². The van der Waals surface area contributed by atoms with E-state index >= 15 is 0 Å². The van der Waals surface area contributed by atoms with Crippen LogP contribution in [0.15, 0.2) is 42.5 Å². The number of nitrogens with zero attached hydrogens (tertiary/aromatic N) is 4. The molecular formula is C19H22N6O2. The normalized spacial score (nSPS) is 10.5. The number of tetrazole rings is 1. The van der Waals surface area contributed by atoms with Gasteiger partial charge in [-0.1, -0.05) is 6.07 Å². The highest BCUT2D eigenvalue weighted by Gasteiger charge is 2.11. The lowest BCUT2D eigenvalue weighted by Gasteiger charge is -2.10. The Labute approximate surface area is 157 Å². The van der Waals surface area contributed by atoms with Gasteiger partial charge in [0.1, 0.15) is 5.75 Å². The molecule has 0 fully saturated rings. The Hall–Kier alpha value is -3.42. The molecular weight excluding hydrogens is 344 g/mol. The summed E-state index contributed by atoms with van der Waals surface area (Å²) in [7, 11) is 0. The number of amides is 2. The van der Waals surface area contributed by atoms with Crippen LogP contribution in [0.3, 0.4) is 0 Å². The molecule has 27 heavy (non-hydrogen) atoms. The van der Waals surface area contributed by atoms with E-state index in [1.54, 1.807) is 28.9 Å². The molecule has 0 aliphatic heterocycles. The number of hydrogen-bond acceptors (Lipinski definition) is 5. The molecule has 3 rings (SSSR count). The molecule has 1 heterocycles. The monoisotopic (exact) mass is 366 g/mol. The smallest absolute Gasteiger partial charge is 0.319 e. The number of carbonyl (C=O) groups is 1. The van der Waals surface area contributed by atoms with Crippen molar-refractivity contribution in [3.8, 4) is 11.4 Å². The van der Waals surface area contributed by atoms with Crippen LogP contribution in [-0.2, 0) is 6.54 Å². The molecule has 140 valence electrons. The van der Waals surface area contributed by atoms with Crippen molar-refractivity contribution in [1.29, 1.82) is 0 Å². The van der Waals surface area contributed by atoms with Gasteiger partial charge >= 0.3 is 6.03 Å². The average molecular weight is 366 g/mol. The third kappa shape index (κ3) is 4.60. The number of aryl methyl sites for hydroxylation is 2. The third-order valence-corrected chi connectivity index (χ3v) is 4.10. The second-order valence-electron chi connectivity index (χ2n) is 6.04. The van der Waals surface area contributed by atoms with Gasteiger partial charge in [0.2, 0.25) is 0 Å². The Balaban J connectivity index is 1.61. The molecule has 3 aromatic rings. The van der Waals surface area contributed by atoms with Crippen LogP contribution in [0.1, 0.15) is 23.9 Å². The summed E-state index contributed by atoms with van der Waals surface area (Å²) in [6, 6.07) is 12.8. The minimum atomic E-state index is -0.339. The quantitative estimate of drug-likeness (QED) is 0.699. The van der Waals surface area contributed by atoms with Gasteiger partial charge in [-0.05, 0) is 78.7 Å². The van der Waals surface area contributed by atoms with Crippen molar-refractivity contribution < 1.29 is 9.53 Å². The van der Waals surface area contributed by atoms with E-state index in [0.29, 0.717) is 18.1 Å². The zero-order valence-electron chi connectivity index (χ0n) is 15.6. The number of ether oxygens (including phenoxy) is 1. The molecule has 0 bridgehead atoms. The number of urea groups is 1. The maximum atomic E-state index is 12.1. The van der Waals surface area contributed by atoms with Crippen LogP contribution in [0.4, 0.5) is 10.5 Å². The second-order valence-corrected chi connectivity index (χ2v) is 6.04. The number of anilines is 1. The summed E-state index contributed by atoms with van der Waals surface area (Å²) < 4.78 is 6.99. The predicted octanol–water partition coefficient (Wildman–Crippen LogP) is 3.00. The molecule has 0 saturated carbocycles. The van der Waals surface area contributed by atoms with E-state index in [2.05, 4.69) is 26.2 Å². The zero-order chi connectivity index (χ0) is 19.2. The number of nitrogens with one attached hydrogen (secondary N) is 2. The van der Waals surface area contributed by atoms with E-state index in [-0.39, 0.29) is 12.6 Å². The maximum Gasteiger partial charge on any atom is 0.319 e. The number of carbonyl (C=O) groups excluding carboxylic acids is 1. The first kappa shape index (κ1) is 18.4. The largest absolute Gasteiger partial charge is 0.494 e. The number of aromatic nitrogens is 4. The molecule has 8 heteroatoms. The lowest BCUT2D eigenvalue weighted by Crippen LogP contribution is -2.29. The van der Waals surface area contributed by atoms with E-state index < -0.39 is 0 Å². The van der Waals surface area contributed by atoms with Crippen molar-refractivity contribution in [2.24, 2.45) is 0 Å². The summed E-state index contributed by atoms with van der Waals surface area (Å²) in [4.78, 5) is 12.1. The van der Waals surface area contributed by atoms with Crippen LogP contribution >= 0.6 is 0 Å². The minimum absolute atomic E-state index is 0.197. The number of rotatable bonds is 6. The van der Waals surface area contributed by atoms with Crippen molar-refractivity contribution in [2.75, 3.05) is 11.9 Å². The van der Waals surface area contributed by atoms with E-state index in [4.69, 9.17) is 4.74 Å². The summed E-state index contributed by atoms with van der Waals surface area (Å²) in [5.74, 6) is 1.30. The SMILES string of the molecule is CCOc1ccc(NC(=O)NCc2nnnn2-c2ccc(C)c(C)c2)cc1. The van der Waals surface area contributed by atoms with Gasteiger partial charge in [-0.25, -0.2) is 4.79 Å². The molecule has 2 aromatic carbocycles. The molecule has 1 aromatic heterocycles. The molecule has 0 aliphatic rings. The van der Waals surface area contributed by atoms with Crippen LogP contribution in [0.2, 0.25) is 0 Å². The fraction of sp³-hybridized carbons (Fsp3) is 0.263. The fourth-order valence-corrected chi connectivity index (χ4v) is 2.51. The molecule has 2 amide bonds. The molecule has 0 unspecified atom stereocenters. The number of hydrogen-bond donors (Lipinski definition) is 2. The van der Waals surface area contributed by atoms with Gasteiger partial charge in [-0.3, -0.25) is 0 Å². The maximum absolute atomic E-state index is 12.1. The first-order valence-corrected chi connectivity index (χ1v) is 8.69. The number of benzene rings is 2. The van der Waals surface area contributed by atoms with Gasteiger partial charge in [0.25, 0.3) is 0 Å². The highest BCUT2D eigenvalue weighted by atomic mass is 16.5. The first-order chi connectivity index (χ1) is 13.1. The zero-order valence-corrected chi connectivity index (χ0v) is 15.6. The lowest BCUT2D eigenvalue weighted by atomic mass is 10.1. The second kappa shape index (κ2) is 8.31. The van der Waals surface area contributed by atoms with E-state index in [9.17, 15) is 4.79 Å². The van der Waals surface area contributed by atoms with Crippen LogP contribution in [0.5, 0.6) is 5.75 Å². The van der Waals surface area contributed by atoms with E-state index in [1.807, 2.05) is 39.0 Å². The van der Waals surface area contributed by atoms with Crippen LogP contribution in [-0.4, -0.2) is 32.8 Å². The van der Waals surface area contributed by atoms with Crippen molar-refractivity contribution in [3.63, 3.8) is 0 Å². The first-order valence-electron chi connectivity index (χ1n) is 8.69. The van der Waals surface area contributed by atoms with Gasteiger partial charge in [0.05, 0.1) is 18.8 Å². The van der Waals surface area contributed by atoms with Gasteiger partial charge in [0.15, 0.2) is 5.82 Å². The van der Waals surface area contributed by atoms with Gasteiger partial charge in [0, 0.05) is 5.69 Å². The van der Waals surface area contributed by atoms with Crippen molar-refractivity contribution in [3.05, 3.63) is 59.4 Å². The molecule has 0 aliphatic carbocycles. The Bertz CT molecular complexity index is 920. The summed E-state index contributed by atoms with van der Waals surface area (Å²) in [6.07, 6.45) is 0. The van der Waals surface area contributed by atoms with Crippen LogP contribution in [0.25, 0.3) is 5.69 Å². The summed E-state index contributed by atoms with van der Waals surface area (Å²) in [5.41, 5.74) is 3.87. The lowest BCUT2D eigenvalue weighted by molar-refractivity contribution is 0.251. The molecule has 0 saturated heterocycles. The van der Waals surface area contributed by atoms with Crippen molar-refractivity contribution >= 4 is 11.7 Å². The Kier molecular flexibility index (Phi) is 5.65. The van der Waals surface area contributed by atoms with Gasteiger partial charge in [-0.15, -0.1) is 5.10 Å². The van der Waals surface area contributed by atoms with E-state index in [1.165, 1.54) is 5.56 Å². The minimum Gasteiger partial charge on any atom is -0.494 e. The highest BCUT2D eigenvalue weighted by molar-refractivity contribution is 5.89. The molecule has 2 N–H and O–H groups in total. The summed E-state index contributed by atoms with van der Waals surface area (Å²) in [6.45, 7) is 6.80. The Morgan fingerprint density at radius 3 is 2.59 bits per heavy atom. The van der Waals surface area contributed by atoms with Gasteiger partial charge < -0.3 is 15.4 Å². The van der Waals surface area contributed by atoms with Crippen molar-refractivity contribution in [2.45, 2.75) is 27.3 Å². The molecule has 8 nitrogen and oxygen atoms in total. The topological polar surface area (TPSA) is 94.0 Å². The predicted molar refractivity (Wildman–Crippen MR) is 102 cm³/mol. The van der Waals surface area contributed by atoms with E-state index in [0.717, 1.165) is 17.0 Å². The highest BCUT2D eigenvalue weighted by Crippen LogP contribution is 2.16. The van der Waals surface area contributed by atoms with Crippen LogP contribution < -0.4 is 15.4 Å². The third-order valence-electron chi connectivity index (χ3n) is 4.10. The fourth-order valence-electron chi connectivity index (χ4n) is 2.51. The van der Waals surface area contributed by atoms with Crippen LogP contribution in [0, 0.1) is 13.8 Å². The average Bonchev–Trinajstić information content (AvgIpc) is 3.13. The molecule has 0 atom stereocenters. The molecule has 0 radical (unpaired) electrons. The summed E-state index contributed by atoms with van der Waals surface area (Å²) in [5, 5.41) is 17.3. The molecule has 0 spiro atoms. The van der Waals surface area contributed by atoms with Crippen molar-refractivity contribution in [1.82, 2.24) is 25.5 Å². The Morgan fingerprint density at radius 1 is 1.11 bits per heavy atom.